The van der Waals surface area contributed by atoms with Gasteiger partial charge >= 0.3 is 6.03 Å². The highest BCUT2D eigenvalue weighted by molar-refractivity contribution is 5.90. The van der Waals surface area contributed by atoms with Gasteiger partial charge in [0.25, 0.3) is 0 Å². The van der Waals surface area contributed by atoms with Crippen molar-refractivity contribution in [2.24, 2.45) is 10.8 Å². The summed E-state index contributed by atoms with van der Waals surface area (Å²) >= 11 is 0. The molecule has 5 rings (SSSR count). The summed E-state index contributed by atoms with van der Waals surface area (Å²) in [4.78, 5) is 41.5. The predicted molar refractivity (Wildman–Crippen MR) is 122 cm³/mol. The maximum atomic E-state index is 13.6. The van der Waals surface area contributed by atoms with E-state index < -0.39 is 5.41 Å². The Kier molecular flexibility index (Phi) is 5.23. The van der Waals surface area contributed by atoms with Crippen molar-refractivity contribution in [3.8, 4) is 0 Å². The van der Waals surface area contributed by atoms with Crippen molar-refractivity contribution in [3.63, 3.8) is 0 Å². The molecule has 0 bridgehead atoms. The van der Waals surface area contributed by atoms with Gasteiger partial charge in [0.15, 0.2) is 0 Å². The predicted octanol–water partition coefficient (Wildman–Crippen LogP) is 2.85. The Morgan fingerprint density at radius 1 is 1.00 bits per heavy atom. The van der Waals surface area contributed by atoms with Crippen molar-refractivity contribution in [2.75, 3.05) is 49.5 Å². The zero-order valence-electron chi connectivity index (χ0n) is 18.5. The minimum absolute atomic E-state index is 0.0747. The largest absolute Gasteiger partial charge is 0.342 e. The van der Waals surface area contributed by atoms with Crippen LogP contribution in [0.15, 0.2) is 48.8 Å². The number of piperidine rings is 1. The van der Waals surface area contributed by atoms with Crippen molar-refractivity contribution in [1.29, 1.82) is 0 Å². The van der Waals surface area contributed by atoms with Gasteiger partial charge in [-0.15, -0.1) is 0 Å². The normalized spacial score (nSPS) is 24.5. The summed E-state index contributed by atoms with van der Waals surface area (Å²) in [7, 11) is 0. The Morgan fingerprint density at radius 2 is 1.72 bits per heavy atom. The molecule has 1 aromatic heterocycles. The zero-order valence-corrected chi connectivity index (χ0v) is 18.5. The van der Waals surface area contributed by atoms with Crippen LogP contribution in [0.3, 0.4) is 0 Å². The Labute approximate surface area is 188 Å². The Morgan fingerprint density at radius 3 is 2.38 bits per heavy atom. The van der Waals surface area contributed by atoms with Gasteiger partial charge in [0.1, 0.15) is 0 Å². The maximum Gasteiger partial charge on any atom is 0.321 e. The number of nitrogens with zero attached hydrogens (tertiary/aromatic N) is 5. The Balaban J connectivity index is 1.37. The maximum absolute atomic E-state index is 13.6. The molecule has 0 aliphatic carbocycles. The summed E-state index contributed by atoms with van der Waals surface area (Å²) in [5, 5.41) is 2.99. The molecule has 3 fully saturated rings. The van der Waals surface area contributed by atoms with Gasteiger partial charge in [-0.2, -0.15) is 0 Å². The lowest BCUT2D eigenvalue weighted by Gasteiger charge is -2.46. The lowest BCUT2D eigenvalue weighted by atomic mass is 9.60. The SMILES string of the molecule is CCN1CC[C@@]2(CN(c3ncccn3)CC23CCN(C(=O)Nc2ccccc2)CC3)C1=O. The molecule has 8 nitrogen and oxygen atoms in total. The first kappa shape index (κ1) is 20.7. The quantitative estimate of drug-likeness (QED) is 0.803. The standard InChI is InChI=1S/C24H30N6O2/c1-2-28-16-11-24(20(28)31)18-30(21-25-12-6-13-26-21)17-23(24)9-14-29(15-10-23)22(32)27-19-7-4-3-5-8-19/h3-8,12-13H,2,9-11,14-18H2,1H3,(H,27,32)/t24-/m1/s1. The lowest BCUT2D eigenvalue weighted by Crippen LogP contribution is -2.54. The van der Waals surface area contributed by atoms with Gasteiger partial charge in [-0.1, -0.05) is 18.2 Å². The van der Waals surface area contributed by atoms with E-state index >= 15 is 0 Å². The molecule has 3 amide bonds. The second-order valence-electron chi connectivity index (χ2n) is 9.19. The van der Waals surface area contributed by atoms with Crippen LogP contribution in [0.1, 0.15) is 26.2 Å². The van der Waals surface area contributed by atoms with Crippen LogP contribution in [0.2, 0.25) is 0 Å². The van der Waals surface area contributed by atoms with Gasteiger partial charge in [0, 0.05) is 62.8 Å². The number of carbonyl (C=O) groups is 2. The number of fused-ring (bicyclic) bond motifs is 1. The zero-order chi connectivity index (χ0) is 22.2. The highest BCUT2D eigenvalue weighted by atomic mass is 16.2. The molecule has 0 unspecified atom stereocenters. The van der Waals surface area contributed by atoms with Gasteiger partial charge in [0.05, 0.1) is 5.41 Å². The number of hydrogen-bond donors (Lipinski definition) is 1. The molecule has 0 saturated carbocycles. The number of aromatic nitrogens is 2. The van der Waals surface area contributed by atoms with Gasteiger partial charge in [-0.05, 0) is 44.4 Å². The number of anilines is 2. The van der Waals surface area contributed by atoms with Gasteiger partial charge in [-0.25, -0.2) is 14.8 Å². The number of nitrogens with one attached hydrogen (secondary N) is 1. The second kappa shape index (κ2) is 8.07. The molecule has 2 aromatic rings. The van der Waals surface area contributed by atoms with Crippen LogP contribution in [0, 0.1) is 10.8 Å². The molecule has 4 heterocycles. The molecular weight excluding hydrogens is 404 g/mol. The van der Waals surface area contributed by atoms with Crippen LogP contribution in [0.25, 0.3) is 0 Å². The van der Waals surface area contributed by atoms with E-state index in [0.717, 1.165) is 44.6 Å². The number of benzene rings is 1. The molecule has 1 atom stereocenters. The molecule has 32 heavy (non-hydrogen) atoms. The molecule has 8 heteroatoms. The number of urea groups is 1. The van der Waals surface area contributed by atoms with Crippen LogP contribution < -0.4 is 10.2 Å². The fourth-order valence-electron chi connectivity index (χ4n) is 5.94. The number of hydrogen-bond acceptors (Lipinski definition) is 5. The Bertz CT molecular complexity index is 976. The summed E-state index contributed by atoms with van der Waals surface area (Å²) in [5.74, 6) is 0.955. The topological polar surface area (TPSA) is 81.7 Å². The molecular formula is C24H30N6O2. The van der Waals surface area contributed by atoms with E-state index in [9.17, 15) is 9.59 Å². The molecule has 3 saturated heterocycles. The summed E-state index contributed by atoms with van der Waals surface area (Å²) in [5.41, 5.74) is 0.202. The minimum atomic E-state index is -0.426. The first-order valence-corrected chi connectivity index (χ1v) is 11.5. The number of amides is 3. The Hall–Kier alpha value is -3.16. The monoisotopic (exact) mass is 434 g/mol. The van der Waals surface area contributed by atoms with E-state index in [2.05, 4.69) is 20.2 Å². The third kappa shape index (κ3) is 3.29. The molecule has 0 radical (unpaired) electrons. The van der Waals surface area contributed by atoms with E-state index in [1.54, 1.807) is 12.4 Å². The molecule has 2 spiro atoms. The van der Waals surface area contributed by atoms with E-state index in [1.807, 2.05) is 53.1 Å². The van der Waals surface area contributed by atoms with Gasteiger partial charge in [-0.3, -0.25) is 4.79 Å². The van der Waals surface area contributed by atoms with Crippen LogP contribution in [-0.4, -0.2) is 71.0 Å². The van der Waals surface area contributed by atoms with Crippen LogP contribution >= 0.6 is 0 Å². The first-order valence-electron chi connectivity index (χ1n) is 11.5. The third-order valence-electron chi connectivity index (χ3n) is 7.72. The molecule has 1 aromatic carbocycles. The third-order valence-corrected chi connectivity index (χ3v) is 7.72. The highest BCUT2D eigenvalue weighted by Gasteiger charge is 2.65. The van der Waals surface area contributed by atoms with Crippen molar-refractivity contribution in [3.05, 3.63) is 48.8 Å². The van der Waals surface area contributed by atoms with Crippen LogP contribution in [0.4, 0.5) is 16.4 Å². The fraction of sp³-hybridized carbons (Fsp3) is 0.500. The number of rotatable bonds is 3. The number of carbonyl (C=O) groups excluding carboxylic acids is 2. The smallest absolute Gasteiger partial charge is 0.321 e. The van der Waals surface area contributed by atoms with Crippen LogP contribution in [0.5, 0.6) is 0 Å². The summed E-state index contributed by atoms with van der Waals surface area (Å²) in [6, 6.07) is 11.3. The molecule has 1 N–H and O–H groups in total. The summed E-state index contributed by atoms with van der Waals surface area (Å²) < 4.78 is 0. The number of likely N-dealkylation sites (tertiary alicyclic amines) is 2. The highest BCUT2D eigenvalue weighted by Crippen LogP contribution is 2.58. The molecule has 3 aliphatic heterocycles. The van der Waals surface area contributed by atoms with E-state index in [1.165, 1.54) is 0 Å². The van der Waals surface area contributed by atoms with E-state index in [-0.39, 0.29) is 17.4 Å². The van der Waals surface area contributed by atoms with Crippen molar-refractivity contribution in [2.45, 2.75) is 26.2 Å². The van der Waals surface area contributed by atoms with Crippen molar-refractivity contribution >= 4 is 23.6 Å². The fourth-order valence-corrected chi connectivity index (χ4v) is 5.94. The molecule has 3 aliphatic rings. The van der Waals surface area contributed by atoms with Gasteiger partial charge < -0.3 is 20.0 Å². The van der Waals surface area contributed by atoms with E-state index in [4.69, 9.17) is 0 Å². The van der Waals surface area contributed by atoms with E-state index in [0.29, 0.717) is 25.6 Å². The first-order chi connectivity index (χ1) is 15.6. The molecule has 168 valence electrons. The van der Waals surface area contributed by atoms with Gasteiger partial charge in [0.2, 0.25) is 11.9 Å². The van der Waals surface area contributed by atoms with Crippen molar-refractivity contribution in [1.82, 2.24) is 19.8 Å². The second-order valence-corrected chi connectivity index (χ2v) is 9.19. The lowest BCUT2D eigenvalue weighted by molar-refractivity contribution is -0.141. The average Bonchev–Trinajstić information content (AvgIpc) is 3.33. The minimum Gasteiger partial charge on any atom is -0.342 e. The average molecular weight is 435 g/mol. The van der Waals surface area contributed by atoms with Crippen molar-refractivity contribution < 1.29 is 9.59 Å². The summed E-state index contributed by atoms with van der Waals surface area (Å²) in [6.45, 7) is 6.29. The number of para-hydroxylation sites is 1. The van der Waals surface area contributed by atoms with Crippen LogP contribution in [-0.2, 0) is 4.79 Å². The summed E-state index contributed by atoms with van der Waals surface area (Å²) in [6.07, 6.45) is 5.99.